The van der Waals surface area contributed by atoms with E-state index in [0.717, 1.165) is 28.3 Å². The highest BCUT2D eigenvalue weighted by Crippen LogP contribution is 2.66. The molecule has 14 aromatic carbocycles. The maximum atomic E-state index is 2.59. The fourth-order valence-electron chi connectivity index (χ4n) is 17.0. The molecule has 402 valence electrons. The second-order valence-corrected chi connectivity index (χ2v) is 24.1. The molecule has 1 unspecified atom stereocenters. The van der Waals surface area contributed by atoms with Gasteiger partial charge in [-0.1, -0.05) is 243 Å². The van der Waals surface area contributed by atoms with Crippen molar-refractivity contribution in [1.29, 1.82) is 0 Å². The number of hydrogen-bond acceptors (Lipinski definition) is 1. The van der Waals surface area contributed by atoms with Gasteiger partial charge in [-0.3, -0.25) is 0 Å². The van der Waals surface area contributed by atoms with Crippen LogP contribution in [0.15, 0.2) is 309 Å². The summed E-state index contributed by atoms with van der Waals surface area (Å²) in [6.07, 6.45) is 0. The normalized spacial score (nSPS) is 15.0. The summed E-state index contributed by atoms with van der Waals surface area (Å²) < 4.78 is 4.96. The molecule has 3 nitrogen and oxygen atoms in total. The Bertz CT molecular complexity index is 5620. The highest BCUT2D eigenvalue weighted by Gasteiger charge is 2.54. The fourth-order valence-corrected chi connectivity index (χ4v) is 17.0. The van der Waals surface area contributed by atoms with Crippen molar-refractivity contribution >= 4 is 71.4 Å². The molecule has 0 radical (unpaired) electrons. The minimum absolute atomic E-state index is 0.563. The van der Waals surface area contributed by atoms with Gasteiger partial charge < -0.3 is 14.0 Å². The maximum Gasteiger partial charge on any atom is 0.0755 e. The van der Waals surface area contributed by atoms with Gasteiger partial charge in [0.25, 0.3) is 0 Å². The molecule has 1 aliphatic heterocycles. The lowest BCUT2D eigenvalue weighted by Gasteiger charge is -2.39. The average molecular weight is 1100 g/mol. The summed E-state index contributed by atoms with van der Waals surface area (Å²) in [5.41, 5.74) is 29.9. The number of nitrogens with zero attached hydrogens (tertiary/aromatic N) is 3. The van der Waals surface area contributed by atoms with E-state index in [2.05, 4.69) is 323 Å². The first-order valence-electron chi connectivity index (χ1n) is 30.4. The van der Waals surface area contributed by atoms with Gasteiger partial charge in [-0.25, -0.2) is 0 Å². The summed E-state index contributed by atoms with van der Waals surface area (Å²) in [6, 6.07) is 117. The summed E-state index contributed by atoms with van der Waals surface area (Å²) in [6.45, 7) is 0. The Kier molecular flexibility index (Phi) is 9.32. The van der Waals surface area contributed by atoms with Gasteiger partial charge in [0.15, 0.2) is 0 Å². The number of hydrogen-bond donors (Lipinski definition) is 0. The van der Waals surface area contributed by atoms with E-state index in [1.54, 1.807) is 0 Å². The number of anilines is 3. The highest BCUT2D eigenvalue weighted by atomic mass is 15.1. The van der Waals surface area contributed by atoms with Gasteiger partial charge in [-0.05, 0) is 161 Å². The molecule has 20 rings (SSSR count). The highest BCUT2D eigenvalue weighted by molar-refractivity contribution is 6.14. The van der Waals surface area contributed by atoms with E-state index in [4.69, 9.17) is 0 Å². The Labute approximate surface area is 503 Å². The van der Waals surface area contributed by atoms with Crippen LogP contribution in [0.5, 0.6) is 0 Å². The van der Waals surface area contributed by atoms with Crippen LogP contribution in [0, 0.1) is 0 Å². The van der Waals surface area contributed by atoms with E-state index < -0.39 is 10.8 Å². The Morgan fingerprint density at radius 3 is 1.57 bits per heavy atom. The smallest absolute Gasteiger partial charge is 0.0755 e. The van der Waals surface area contributed by atoms with Crippen LogP contribution in [0.25, 0.3) is 110 Å². The molecule has 0 amide bonds. The van der Waals surface area contributed by atoms with Gasteiger partial charge in [-0.15, -0.1) is 0 Å². The zero-order valence-electron chi connectivity index (χ0n) is 47.3. The van der Waals surface area contributed by atoms with Gasteiger partial charge in [0.1, 0.15) is 0 Å². The number of para-hydroxylation sites is 5. The molecule has 2 aromatic heterocycles. The van der Waals surface area contributed by atoms with Crippen LogP contribution in [0.4, 0.5) is 17.1 Å². The predicted molar refractivity (Wildman–Crippen MR) is 360 cm³/mol. The van der Waals surface area contributed by atoms with Crippen LogP contribution in [-0.2, 0) is 10.8 Å². The van der Waals surface area contributed by atoms with Crippen molar-refractivity contribution in [2.24, 2.45) is 0 Å². The molecule has 3 heteroatoms. The van der Waals surface area contributed by atoms with Crippen molar-refractivity contribution in [2.45, 2.75) is 10.8 Å². The van der Waals surface area contributed by atoms with Crippen LogP contribution < -0.4 is 4.90 Å². The molecule has 1 atom stereocenters. The number of fused-ring (bicyclic) bond motifs is 27. The molecule has 0 fully saturated rings. The topological polar surface area (TPSA) is 13.1 Å². The van der Waals surface area contributed by atoms with Crippen LogP contribution >= 0.6 is 0 Å². The molecule has 4 aliphatic rings. The number of rotatable bonds is 5. The number of aromatic nitrogens is 2. The van der Waals surface area contributed by atoms with Crippen LogP contribution in [0.2, 0.25) is 0 Å². The third-order valence-electron chi connectivity index (χ3n) is 20.3. The van der Waals surface area contributed by atoms with E-state index in [9.17, 15) is 0 Å². The van der Waals surface area contributed by atoms with Gasteiger partial charge >= 0.3 is 0 Å². The van der Waals surface area contributed by atoms with Crippen molar-refractivity contribution in [3.63, 3.8) is 0 Å². The molecular weight excluding hydrogens is 1050 g/mol. The molecule has 87 heavy (non-hydrogen) atoms. The van der Waals surface area contributed by atoms with Crippen LogP contribution in [0.1, 0.15) is 44.5 Å². The Hall–Kier alpha value is -11.3. The second-order valence-electron chi connectivity index (χ2n) is 24.1. The maximum absolute atomic E-state index is 2.59. The van der Waals surface area contributed by atoms with Gasteiger partial charge in [-0.2, -0.15) is 0 Å². The second kappa shape index (κ2) is 17.2. The molecule has 3 heterocycles. The lowest BCUT2D eigenvalue weighted by Crippen LogP contribution is -2.33. The van der Waals surface area contributed by atoms with Gasteiger partial charge in [0.2, 0.25) is 0 Å². The zero-order valence-corrected chi connectivity index (χ0v) is 47.3. The molecule has 2 spiro atoms. The third-order valence-corrected chi connectivity index (χ3v) is 20.3. The predicted octanol–water partition coefficient (Wildman–Crippen LogP) is 21.2. The van der Waals surface area contributed by atoms with Crippen molar-refractivity contribution in [1.82, 2.24) is 9.13 Å². The van der Waals surface area contributed by atoms with Crippen LogP contribution in [-0.4, -0.2) is 9.13 Å². The van der Waals surface area contributed by atoms with E-state index in [0.29, 0.717) is 0 Å². The molecule has 0 saturated heterocycles. The van der Waals surface area contributed by atoms with Gasteiger partial charge in [0, 0.05) is 44.2 Å². The summed E-state index contributed by atoms with van der Waals surface area (Å²) >= 11 is 0. The lowest BCUT2D eigenvalue weighted by atomic mass is 9.65. The standard InChI is InChI=1S/C84H51N3/c1-2-21-55(22-3-1)86-75-36-15-9-26-61(75)63-47-42-54(50-79(63)86)52-40-44-56(45-41-52)85(57-46-48-66-74(51-57)83(72-49-43-53-20-4-5-23-58(53)80(66)72)67-30-11-6-24-59(67)60-25-7-12-31-68(60)83)78-39-19-34-71-81(78)65-28-8-13-32-69(65)84(71)70-33-14-17-38-77(70)87-76-37-16-10-27-62(76)64-29-18-35-73(84)82(64)87/h1-51H. The zero-order chi connectivity index (χ0) is 56.7. The number of benzene rings is 14. The summed E-state index contributed by atoms with van der Waals surface area (Å²) in [5, 5.41) is 7.57. The molecule has 0 N–H and O–H groups in total. The van der Waals surface area contributed by atoms with Crippen LogP contribution in [0.3, 0.4) is 0 Å². The van der Waals surface area contributed by atoms with Crippen molar-refractivity contribution < 1.29 is 0 Å². The monoisotopic (exact) mass is 1100 g/mol. The van der Waals surface area contributed by atoms with Crippen molar-refractivity contribution in [2.75, 3.05) is 4.90 Å². The summed E-state index contributed by atoms with van der Waals surface area (Å²) in [4.78, 5) is 2.59. The first-order valence-corrected chi connectivity index (χ1v) is 30.4. The molecule has 3 aliphatic carbocycles. The average Bonchev–Trinajstić information content (AvgIpc) is 1.57. The van der Waals surface area contributed by atoms with E-state index >= 15 is 0 Å². The largest absolute Gasteiger partial charge is 0.310 e. The summed E-state index contributed by atoms with van der Waals surface area (Å²) in [7, 11) is 0. The lowest BCUT2D eigenvalue weighted by molar-refractivity contribution is 0.748. The molecule has 16 aromatic rings. The molecule has 0 saturated carbocycles. The van der Waals surface area contributed by atoms with Crippen molar-refractivity contribution in [3.05, 3.63) is 354 Å². The minimum Gasteiger partial charge on any atom is -0.310 e. The minimum atomic E-state index is -0.624. The van der Waals surface area contributed by atoms with E-state index in [1.807, 2.05) is 0 Å². The quantitative estimate of drug-likeness (QED) is 0.167. The van der Waals surface area contributed by atoms with Crippen molar-refractivity contribution in [3.8, 4) is 55.9 Å². The Morgan fingerprint density at radius 1 is 0.264 bits per heavy atom. The first-order chi connectivity index (χ1) is 43.2. The SMILES string of the molecule is c1ccc(-n2c3ccccc3c3ccc(-c4ccc(N(c5ccc6c(c5)C5(c7ccccc7-c7ccccc75)c5ccc7ccccc7c5-6)c5cccc6c5-c5ccccc5C65c6ccccc6-n6c7ccccc7c7cccc5c76)cc4)cc32)cc1. The Morgan fingerprint density at radius 2 is 0.793 bits per heavy atom. The summed E-state index contributed by atoms with van der Waals surface area (Å²) in [5.74, 6) is 0. The molecular formula is C84H51N3. The Balaban J connectivity index is 0.856. The molecule has 0 bridgehead atoms. The first kappa shape index (κ1) is 47.1. The van der Waals surface area contributed by atoms with E-state index in [1.165, 1.54) is 144 Å². The van der Waals surface area contributed by atoms with Gasteiger partial charge in [0.05, 0.1) is 44.3 Å². The fraction of sp³-hybridized carbons (Fsp3) is 0.0238. The van der Waals surface area contributed by atoms with E-state index in [-0.39, 0.29) is 0 Å². The third kappa shape index (κ3) is 5.91.